The van der Waals surface area contributed by atoms with E-state index in [0.717, 1.165) is 5.56 Å². The molecule has 1 rings (SSSR count). The largest absolute Gasteiger partial charge is 0.462 e. The van der Waals surface area contributed by atoms with Crippen molar-refractivity contribution in [3.63, 3.8) is 0 Å². The molecule has 0 aromatic heterocycles. The number of ether oxygens (including phenoxy) is 2. The highest BCUT2D eigenvalue weighted by atomic mass is 35.5. The first kappa shape index (κ1) is 13.3. The Kier molecular flexibility index (Phi) is 4.78. The van der Waals surface area contributed by atoms with Crippen LogP contribution in [-0.2, 0) is 14.4 Å². The molecule has 0 spiro atoms. The van der Waals surface area contributed by atoms with Crippen LogP contribution in [0.3, 0.4) is 0 Å². The van der Waals surface area contributed by atoms with Crippen LogP contribution in [0, 0.1) is 6.92 Å². The Morgan fingerprint density at radius 3 is 2.65 bits per heavy atom. The maximum Gasteiger partial charge on any atom is 0.397 e. The van der Waals surface area contributed by atoms with Crippen molar-refractivity contribution in [1.82, 2.24) is 0 Å². The maximum absolute atomic E-state index is 11.3. The number of methoxy groups -OCH3 is 1. The highest BCUT2D eigenvalue weighted by Crippen LogP contribution is 2.25. The summed E-state index contributed by atoms with van der Waals surface area (Å²) in [6, 6.07) is 5.16. The lowest BCUT2D eigenvalue weighted by Crippen LogP contribution is -2.22. The van der Waals surface area contributed by atoms with Crippen LogP contribution in [0.4, 0.5) is 0 Å². The molecule has 0 atom stereocenters. The Bertz CT molecular complexity index is 445. The zero-order valence-corrected chi connectivity index (χ0v) is 10.4. The lowest BCUT2D eigenvalue weighted by molar-refractivity contribution is -0.134. The van der Waals surface area contributed by atoms with E-state index in [-0.39, 0.29) is 5.90 Å². The van der Waals surface area contributed by atoms with Gasteiger partial charge in [0.1, 0.15) is 12.9 Å². The van der Waals surface area contributed by atoms with Gasteiger partial charge in [-0.05, 0) is 29.8 Å². The number of aryl methyl sites for hydroxylation is 1. The van der Waals surface area contributed by atoms with Gasteiger partial charge >= 0.3 is 11.9 Å². The first-order valence-electron chi connectivity index (χ1n) is 4.72. The van der Waals surface area contributed by atoms with E-state index in [4.69, 9.17) is 16.3 Å². The standard InChI is InChI=1S/C11H12ClNO4/c1-7-4-5-8(12)9(6-7)17-10(13-16-3)11(14)15-2/h4-6H,1-3H3. The summed E-state index contributed by atoms with van der Waals surface area (Å²) in [4.78, 5) is 15.8. The molecular weight excluding hydrogens is 246 g/mol. The minimum Gasteiger partial charge on any atom is -0.462 e. The molecule has 0 fully saturated rings. The monoisotopic (exact) mass is 257 g/mol. The minimum atomic E-state index is -0.746. The van der Waals surface area contributed by atoms with Gasteiger partial charge < -0.3 is 14.3 Å². The average molecular weight is 258 g/mol. The van der Waals surface area contributed by atoms with Crippen LogP contribution < -0.4 is 4.74 Å². The van der Waals surface area contributed by atoms with E-state index in [1.165, 1.54) is 14.2 Å². The second-order valence-corrected chi connectivity index (χ2v) is 3.51. The molecule has 0 N–H and O–H groups in total. The Labute approximate surface area is 104 Å². The Morgan fingerprint density at radius 1 is 1.35 bits per heavy atom. The quantitative estimate of drug-likeness (QED) is 0.353. The van der Waals surface area contributed by atoms with E-state index in [2.05, 4.69) is 14.7 Å². The van der Waals surface area contributed by atoms with Gasteiger partial charge in [-0.25, -0.2) is 4.79 Å². The average Bonchev–Trinajstić information content (AvgIpc) is 2.32. The van der Waals surface area contributed by atoms with E-state index in [0.29, 0.717) is 10.8 Å². The SMILES string of the molecule is CON=C(Oc1cc(C)ccc1Cl)C(=O)OC. The summed E-state index contributed by atoms with van der Waals surface area (Å²) in [5.74, 6) is -0.750. The molecule has 0 saturated carbocycles. The molecule has 0 amide bonds. The fourth-order valence-electron chi connectivity index (χ4n) is 1.06. The predicted octanol–water partition coefficient (Wildman–Crippen LogP) is 2.16. The summed E-state index contributed by atoms with van der Waals surface area (Å²) in [6.07, 6.45) is 0. The zero-order chi connectivity index (χ0) is 12.8. The molecule has 0 bridgehead atoms. The first-order valence-corrected chi connectivity index (χ1v) is 5.09. The Hall–Kier alpha value is -1.75. The number of rotatable bonds is 2. The number of nitrogens with zero attached hydrogens (tertiary/aromatic N) is 1. The Morgan fingerprint density at radius 2 is 2.06 bits per heavy atom. The van der Waals surface area contributed by atoms with E-state index >= 15 is 0 Å². The Balaban J connectivity index is 2.97. The number of oxime groups is 1. The molecule has 17 heavy (non-hydrogen) atoms. The van der Waals surface area contributed by atoms with Crippen LogP contribution >= 0.6 is 11.6 Å². The lowest BCUT2D eigenvalue weighted by Gasteiger charge is -2.08. The molecule has 5 nitrogen and oxygen atoms in total. The number of hydrogen-bond acceptors (Lipinski definition) is 5. The fraction of sp³-hybridized carbons (Fsp3) is 0.273. The van der Waals surface area contributed by atoms with Gasteiger partial charge in [-0.1, -0.05) is 17.7 Å². The number of carbonyl (C=O) groups is 1. The van der Waals surface area contributed by atoms with Crippen molar-refractivity contribution in [1.29, 1.82) is 0 Å². The van der Waals surface area contributed by atoms with Gasteiger partial charge in [0.05, 0.1) is 12.1 Å². The van der Waals surface area contributed by atoms with Gasteiger partial charge in [-0.2, -0.15) is 0 Å². The van der Waals surface area contributed by atoms with Crippen LogP contribution in [0.1, 0.15) is 5.56 Å². The number of carbonyl (C=O) groups excluding carboxylic acids is 1. The van der Waals surface area contributed by atoms with E-state index in [1.54, 1.807) is 12.1 Å². The highest BCUT2D eigenvalue weighted by Gasteiger charge is 2.17. The molecule has 0 unspecified atom stereocenters. The summed E-state index contributed by atoms with van der Waals surface area (Å²) < 4.78 is 9.73. The van der Waals surface area contributed by atoms with Gasteiger partial charge in [-0.15, -0.1) is 0 Å². The fourth-order valence-corrected chi connectivity index (χ4v) is 1.22. The molecule has 92 valence electrons. The molecule has 0 radical (unpaired) electrons. The van der Waals surface area contributed by atoms with Gasteiger partial charge in [0.2, 0.25) is 0 Å². The predicted molar refractivity (Wildman–Crippen MR) is 63.3 cm³/mol. The zero-order valence-electron chi connectivity index (χ0n) is 9.69. The summed E-state index contributed by atoms with van der Waals surface area (Å²) in [6.45, 7) is 1.87. The van der Waals surface area contributed by atoms with Gasteiger partial charge in [-0.3, -0.25) is 0 Å². The molecule has 0 aliphatic rings. The number of benzene rings is 1. The lowest BCUT2D eigenvalue weighted by atomic mass is 10.2. The third-order valence-electron chi connectivity index (χ3n) is 1.83. The van der Waals surface area contributed by atoms with Gasteiger partial charge in [0, 0.05) is 0 Å². The molecule has 6 heteroatoms. The number of halogens is 1. The van der Waals surface area contributed by atoms with Crippen molar-refractivity contribution in [2.45, 2.75) is 6.92 Å². The second kappa shape index (κ2) is 6.10. The van der Waals surface area contributed by atoms with Crippen LogP contribution in [0.2, 0.25) is 5.02 Å². The second-order valence-electron chi connectivity index (χ2n) is 3.11. The smallest absolute Gasteiger partial charge is 0.397 e. The van der Waals surface area contributed by atoms with Crippen LogP contribution in [0.15, 0.2) is 23.4 Å². The normalized spacial score (nSPS) is 10.9. The molecule has 0 saturated heterocycles. The molecular formula is C11H12ClNO4. The number of esters is 1. The van der Waals surface area contributed by atoms with Crippen molar-refractivity contribution in [2.75, 3.05) is 14.2 Å². The topological polar surface area (TPSA) is 57.1 Å². The van der Waals surface area contributed by atoms with Crippen molar-refractivity contribution in [3.05, 3.63) is 28.8 Å². The summed E-state index contributed by atoms with van der Waals surface area (Å²) in [5, 5.41) is 3.79. The van der Waals surface area contributed by atoms with Crippen molar-refractivity contribution in [3.8, 4) is 5.75 Å². The molecule has 0 aliphatic heterocycles. The summed E-state index contributed by atoms with van der Waals surface area (Å²) in [7, 11) is 2.51. The molecule has 0 heterocycles. The summed E-state index contributed by atoms with van der Waals surface area (Å²) in [5.41, 5.74) is 0.936. The first-order chi connectivity index (χ1) is 8.08. The van der Waals surface area contributed by atoms with Gasteiger partial charge in [0.25, 0.3) is 0 Å². The molecule has 1 aromatic rings. The van der Waals surface area contributed by atoms with Crippen molar-refractivity contribution < 1.29 is 19.1 Å². The maximum atomic E-state index is 11.3. The van der Waals surface area contributed by atoms with E-state index < -0.39 is 5.97 Å². The minimum absolute atomic E-state index is 0.313. The van der Waals surface area contributed by atoms with Crippen molar-refractivity contribution >= 4 is 23.5 Å². The third-order valence-corrected chi connectivity index (χ3v) is 2.14. The third kappa shape index (κ3) is 3.64. The van der Waals surface area contributed by atoms with E-state index in [1.807, 2.05) is 13.0 Å². The van der Waals surface area contributed by atoms with Crippen LogP contribution in [-0.4, -0.2) is 26.1 Å². The van der Waals surface area contributed by atoms with E-state index in [9.17, 15) is 4.79 Å². The molecule has 1 aromatic carbocycles. The van der Waals surface area contributed by atoms with Crippen molar-refractivity contribution in [2.24, 2.45) is 5.16 Å². The summed E-state index contributed by atoms with van der Waals surface area (Å²) >= 11 is 5.92. The van der Waals surface area contributed by atoms with Gasteiger partial charge in [0.15, 0.2) is 0 Å². The molecule has 0 aliphatic carbocycles. The van der Waals surface area contributed by atoms with Crippen LogP contribution in [0.25, 0.3) is 0 Å². The highest BCUT2D eigenvalue weighted by molar-refractivity contribution is 6.35. The van der Waals surface area contributed by atoms with Crippen LogP contribution in [0.5, 0.6) is 5.75 Å². The number of hydrogen-bond donors (Lipinski definition) is 0.